The van der Waals surface area contributed by atoms with Crippen LogP contribution in [0.3, 0.4) is 0 Å². The maximum Gasteiger partial charge on any atom is 0.264 e. The molecule has 0 bridgehead atoms. The third kappa shape index (κ3) is 6.25. The average molecular weight is 260 g/mol. The first-order chi connectivity index (χ1) is 8.01. The fraction of sp³-hybridized carbons (Fsp3) is 0.455. The summed E-state index contributed by atoms with van der Waals surface area (Å²) in [6, 6.07) is 7.32. The Morgan fingerprint density at radius 3 is 2.35 bits per heavy atom. The molecule has 0 amide bonds. The largest absolute Gasteiger partial charge is 0.468 e. The van der Waals surface area contributed by atoms with E-state index in [1.54, 1.807) is 19.2 Å². The lowest BCUT2D eigenvalue weighted by Gasteiger charge is -2.06. The van der Waals surface area contributed by atoms with Crippen molar-refractivity contribution in [1.82, 2.24) is 0 Å². The molecule has 1 aromatic carbocycles. The normalized spacial score (nSPS) is 11.4. The van der Waals surface area contributed by atoms with Gasteiger partial charge in [0.15, 0.2) is 6.79 Å². The first-order valence-corrected chi connectivity index (χ1v) is 6.88. The Morgan fingerprint density at radius 1 is 1.18 bits per heavy atom. The number of hydrogen-bond donors (Lipinski definition) is 0. The van der Waals surface area contributed by atoms with Crippen LogP contribution in [0.25, 0.3) is 0 Å². The van der Waals surface area contributed by atoms with Gasteiger partial charge in [0.1, 0.15) is 5.75 Å². The van der Waals surface area contributed by atoms with Crippen molar-refractivity contribution in [2.24, 2.45) is 0 Å². The van der Waals surface area contributed by atoms with E-state index in [2.05, 4.69) is 4.18 Å². The molecular weight excluding hydrogens is 244 g/mol. The monoisotopic (exact) mass is 260 g/mol. The highest BCUT2D eigenvalue weighted by atomic mass is 32.2. The fourth-order valence-corrected chi connectivity index (χ4v) is 1.58. The molecule has 0 aliphatic rings. The minimum absolute atomic E-state index is 0.150. The molecule has 0 N–H and O–H groups in total. The molecule has 0 saturated heterocycles. The van der Waals surface area contributed by atoms with Crippen LogP contribution in [-0.2, 0) is 25.5 Å². The highest BCUT2D eigenvalue weighted by molar-refractivity contribution is 7.85. The maximum absolute atomic E-state index is 10.7. The van der Waals surface area contributed by atoms with Crippen molar-refractivity contribution in [3.63, 3.8) is 0 Å². The van der Waals surface area contributed by atoms with Crippen LogP contribution in [0.1, 0.15) is 5.56 Å². The summed E-state index contributed by atoms with van der Waals surface area (Å²) in [5.74, 6) is 0.708. The van der Waals surface area contributed by atoms with Gasteiger partial charge in [0.05, 0.1) is 12.9 Å². The van der Waals surface area contributed by atoms with E-state index in [1.807, 2.05) is 12.1 Å². The maximum atomic E-state index is 10.7. The van der Waals surface area contributed by atoms with Crippen molar-refractivity contribution in [3.8, 4) is 5.75 Å². The van der Waals surface area contributed by atoms with Gasteiger partial charge in [0, 0.05) is 7.11 Å². The number of ether oxygens (including phenoxy) is 2. The second-order valence-electron chi connectivity index (χ2n) is 3.47. The van der Waals surface area contributed by atoms with Gasteiger partial charge >= 0.3 is 0 Å². The van der Waals surface area contributed by atoms with Crippen molar-refractivity contribution < 1.29 is 22.1 Å². The summed E-state index contributed by atoms with van der Waals surface area (Å²) in [6.45, 7) is 0.355. The summed E-state index contributed by atoms with van der Waals surface area (Å²) in [6.07, 6.45) is 1.58. The second-order valence-corrected chi connectivity index (χ2v) is 5.11. The van der Waals surface area contributed by atoms with Gasteiger partial charge in [-0.15, -0.1) is 0 Å². The van der Waals surface area contributed by atoms with E-state index in [4.69, 9.17) is 9.47 Å². The SMILES string of the molecule is COCOc1ccc(CCOS(C)(=O)=O)cc1. The van der Waals surface area contributed by atoms with E-state index < -0.39 is 10.1 Å². The molecule has 6 heteroatoms. The Bertz CT molecular complexity index is 424. The second kappa shape index (κ2) is 6.58. The van der Waals surface area contributed by atoms with Crippen LogP contribution < -0.4 is 4.74 Å². The van der Waals surface area contributed by atoms with Gasteiger partial charge in [0.2, 0.25) is 0 Å². The third-order valence-corrected chi connectivity index (χ3v) is 2.55. The van der Waals surface area contributed by atoms with Crippen LogP contribution in [0.15, 0.2) is 24.3 Å². The number of hydrogen-bond acceptors (Lipinski definition) is 5. The average Bonchev–Trinajstić information content (AvgIpc) is 2.26. The minimum Gasteiger partial charge on any atom is -0.468 e. The van der Waals surface area contributed by atoms with Gasteiger partial charge in [-0.2, -0.15) is 8.42 Å². The lowest BCUT2D eigenvalue weighted by atomic mass is 10.1. The molecule has 96 valence electrons. The van der Waals surface area contributed by atoms with Gasteiger partial charge in [-0.05, 0) is 24.1 Å². The molecule has 0 heterocycles. The van der Waals surface area contributed by atoms with Crippen molar-refractivity contribution >= 4 is 10.1 Å². The molecular formula is C11H16O5S. The van der Waals surface area contributed by atoms with Crippen LogP contribution in [0, 0.1) is 0 Å². The number of benzene rings is 1. The van der Waals surface area contributed by atoms with E-state index >= 15 is 0 Å². The smallest absolute Gasteiger partial charge is 0.264 e. The first kappa shape index (κ1) is 14.0. The van der Waals surface area contributed by atoms with E-state index in [0.29, 0.717) is 12.2 Å². The van der Waals surface area contributed by atoms with Crippen molar-refractivity contribution in [3.05, 3.63) is 29.8 Å². The molecule has 0 fully saturated rings. The predicted molar refractivity (Wildman–Crippen MR) is 63.4 cm³/mol. The van der Waals surface area contributed by atoms with Crippen LogP contribution >= 0.6 is 0 Å². The van der Waals surface area contributed by atoms with Gasteiger partial charge in [-0.1, -0.05) is 12.1 Å². The van der Waals surface area contributed by atoms with Gasteiger partial charge in [0.25, 0.3) is 10.1 Å². The molecule has 0 atom stereocenters. The number of rotatable bonds is 7. The van der Waals surface area contributed by atoms with E-state index in [9.17, 15) is 8.42 Å². The lowest BCUT2D eigenvalue weighted by Crippen LogP contribution is -2.06. The van der Waals surface area contributed by atoms with Gasteiger partial charge in [-0.25, -0.2) is 0 Å². The van der Waals surface area contributed by atoms with Gasteiger partial charge < -0.3 is 9.47 Å². The topological polar surface area (TPSA) is 61.8 Å². The van der Waals surface area contributed by atoms with E-state index in [-0.39, 0.29) is 13.4 Å². The summed E-state index contributed by atoms with van der Waals surface area (Å²) >= 11 is 0. The zero-order chi connectivity index (χ0) is 12.7. The molecule has 0 saturated carbocycles. The highest BCUT2D eigenvalue weighted by Crippen LogP contribution is 2.12. The van der Waals surface area contributed by atoms with E-state index in [1.165, 1.54) is 0 Å². The zero-order valence-corrected chi connectivity index (χ0v) is 10.7. The third-order valence-electron chi connectivity index (χ3n) is 1.95. The van der Waals surface area contributed by atoms with Crippen LogP contribution in [0.5, 0.6) is 5.75 Å². The molecule has 0 radical (unpaired) electrons. The van der Waals surface area contributed by atoms with Crippen molar-refractivity contribution in [2.75, 3.05) is 26.8 Å². The Morgan fingerprint density at radius 2 is 1.82 bits per heavy atom. The Hall–Kier alpha value is -1.11. The molecule has 0 aliphatic heterocycles. The summed E-state index contributed by atoms with van der Waals surface area (Å²) in [5.41, 5.74) is 0.985. The fourth-order valence-electron chi connectivity index (χ4n) is 1.19. The zero-order valence-electron chi connectivity index (χ0n) is 9.88. The van der Waals surface area contributed by atoms with Crippen molar-refractivity contribution in [2.45, 2.75) is 6.42 Å². The molecule has 1 rings (SSSR count). The van der Waals surface area contributed by atoms with Crippen LogP contribution in [0.4, 0.5) is 0 Å². The molecule has 17 heavy (non-hydrogen) atoms. The molecule has 1 aromatic rings. The summed E-state index contributed by atoms with van der Waals surface area (Å²) < 4.78 is 36.1. The molecule has 0 aliphatic carbocycles. The predicted octanol–water partition coefficient (Wildman–Crippen LogP) is 1.19. The lowest BCUT2D eigenvalue weighted by molar-refractivity contribution is 0.0511. The van der Waals surface area contributed by atoms with Crippen molar-refractivity contribution in [1.29, 1.82) is 0 Å². The minimum atomic E-state index is -3.36. The van der Waals surface area contributed by atoms with E-state index in [0.717, 1.165) is 11.8 Å². The Labute approximate surface area is 101 Å². The van der Waals surface area contributed by atoms with Crippen LogP contribution in [0.2, 0.25) is 0 Å². The quantitative estimate of drug-likeness (QED) is 0.544. The highest BCUT2D eigenvalue weighted by Gasteiger charge is 2.02. The molecule has 0 spiro atoms. The molecule has 0 aromatic heterocycles. The van der Waals surface area contributed by atoms with Gasteiger partial charge in [-0.3, -0.25) is 4.18 Å². The molecule has 0 unspecified atom stereocenters. The summed E-state index contributed by atoms with van der Waals surface area (Å²) in [4.78, 5) is 0. The number of methoxy groups -OCH3 is 1. The summed E-state index contributed by atoms with van der Waals surface area (Å²) in [7, 11) is -1.80. The first-order valence-electron chi connectivity index (χ1n) is 5.06. The standard InChI is InChI=1S/C11H16O5S/c1-14-9-15-11-5-3-10(4-6-11)7-8-16-17(2,12)13/h3-6H,7-9H2,1-2H3. The molecule has 5 nitrogen and oxygen atoms in total. The van der Waals surface area contributed by atoms with Crippen LogP contribution in [-0.4, -0.2) is 35.2 Å². The Kier molecular flexibility index (Phi) is 5.40. The Balaban J connectivity index is 2.40. The summed E-state index contributed by atoms with van der Waals surface area (Å²) in [5, 5.41) is 0.